The van der Waals surface area contributed by atoms with E-state index in [2.05, 4.69) is 17.4 Å². The number of hydrogen-bond acceptors (Lipinski definition) is 4. The Hall–Kier alpha value is -3.47. The Balaban J connectivity index is 1.43. The molecule has 0 atom stereocenters. The summed E-state index contributed by atoms with van der Waals surface area (Å²) in [6.07, 6.45) is 0.847. The van der Waals surface area contributed by atoms with Gasteiger partial charge in [0.1, 0.15) is 5.75 Å². The molecule has 0 saturated heterocycles. The molecule has 3 rings (SSSR count). The number of para-hydroxylation sites is 2. The van der Waals surface area contributed by atoms with Crippen molar-refractivity contribution in [2.24, 2.45) is 0 Å². The van der Waals surface area contributed by atoms with E-state index in [0.717, 1.165) is 12.2 Å². The van der Waals surface area contributed by atoms with Crippen LogP contribution in [0.3, 0.4) is 0 Å². The normalized spacial score (nSPS) is 10.2. The van der Waals surface area contributed by atoms with Gasteiger partial charge in [-0.2, -0.15) is 0 Å². The van der Waals surface area contributed by atoms with Crippen LogP contribution in [0.2, 0.25) is 0 Å². The highest BCUT2D eigenvalue weighted by molar-refractivity contribution is 5.91. The summed E-state index contributed by atoms with van der Waals surface area (Å²) in [6.45, 7) is 0.498. The Morgan fingerprint density at radius 1 is 0.821 bits per heavy atom. The largest absolute Gasteiger partial charge is 0.493 e. The highest BCUT2D eigenvalue weighted by Gasteiger charge is 2.07. The number of carbonyl (C=O) groups is 1. The number of nitrogens with one attached hydrogen (secondary N) is 1. The van der Waals surface area contributed by atoms with Gasteiger partial charge in [-0.05, 0) is 42.0 Å². The van der Waals surface area contributed by atoms with E-state index in [1.165, 1.54) is 5.56 Å². The van der Waals surface area contributed by atoms with E-state index in [-0.39, 0.29) is 12.5 Å². The second kappa shape index (κ2) is 10.0. The van der Waals surface area contributed by atoms with E-state index >= 15 is 0 Å². The molecule has 1 N–H and O–H groups in total. The van der Waals surface area contributed by atoms with Gasteiger partial charge in [-0.15, -0.1) is 0 Å². The first-order chi connectivity index (χ1) is 13.7. The highest BCUT2D eigenvalue weighted by Crippen LogP contribution is 2.25. The Labute approximate surface area is 164 Å². The molecule has 5 nitrogen and oxygen atoms in total. The summed E-state index contributed by atoms with van der Waals surface area (Å²) < 4.78 is 16.5. The Bertz CT molecular complexity index is 879. The van der Waals surface area contributed by atoms with Crippen molar-refractivity contribution in [1.82, 2.24) is 0 Å². The number of methoxy groups -OCH3 is 1. The molecule has 0 aliphatic carbocycles. The highest BCUT2D eigenvalue weighted by atomic mass is 16.5. The first-order valence-electron chi connectivity index (χ1n) is 9.07. The van der Waals surface area contributed by atoms with Gasteiger partial charge >= 0.3 is 0 Å². The van der Waals surface area contributed by atoms with Gasteiger partial charge in [0.2, 0.25) is 0 Å². The number of hydrogen-bond donors (Lipinski definition) is 1. The van der Waals surface area contributed by atoms with Crippen molar-refractivity contribution in [3.05, 3.63) is 84.4 Å². The van der Waals surface area contributed by atoms with Crippen LogP contribution in [-0.2, 0) is 11.2 Å². The smallest absolute Gasteiger partial charge is 0.262 e. The average molecular weight is 377 g/mol. The van der Waals surface area contributed by atoms with Crippen LogP contribution in [0.1, 0.15) is 5.56 Å². The van der Waals surface area contributed by atoms with Crippen molar-refractivity contribution in [1.29, 1.82) is 0 Å². The molecule has 1 amide bonds. The quantitative estimate of drug-likeness (QED) is 0.603. The number of anilines is 1. The third-order valence-corrected chi connectivity index (χ3v) is 4.07. The Morgan fingerprint density at radius 2 is 1.50 bits per heavy atom. The summed E-state index contributed by atoms with van der Waals surface area (Å²) in [6, 6.07) is 24.7. The van der Waals surface area contributed by atoms with Gasteiger partial charge in [0, 0.05) is 12.1 Å². The van der Waals surface area contributed by atoms with Crippen LogP contribution in [0.5, 0.6) is 17.2 Å². The van der Waals surface area contributed by atoms with Crippen LogP contribution < -0.4 is 19.5 Å². The molecule has 0 aliphatic heterocycles. The fourth-order valence-electron chi connectivity index (χ4n) is 2.64. The van der Waals surface area contributed by atoms with Crippen molar-refractivity contribution in [2.45, 2.75) is 6.42 Å². The third-order valence-electron chi connectivity index (χ3n) is 4.07. The molecular weight excluding hydrogens is 354 g/mol. The molecule has 5 heteroatoms. The average Bonchev–Trinajstić information content (AvgIpc) is 2.74. The zero-order chi connectivity index (χ0) is 19.6. The molecule has 0 unspecified atom stereocenters. The van der Waals surface area contributed by atoms with Crippen molar-refractivity contribution in [2.75, 3.05) is 25.6 Å². The van der Waals surface area contributed by atoms with Crippen molar-refractivity contribution in [3.8, 4) is 17.2 Å². The number of ether oxygens (including phenoxy) is 3. The minimum absolute atomic E-state index is 0.101. The van der Waals surface area contributed by atoms with Gasteiger partial charge in [0.15, 0.2) is 18.1 Å². The van der Waals surface area contributed by atoms with Crippen LogP contribution in [-0.4, -0.2) is 26.2 Å². The van der Waals surface area contributed by atoms with Gasteiger partial charge in [0.05, 0.1) is 13.7 Å². The number of carbonyl (C=O) groups excluding carboxylic acids is 1. The molecule has 28 heavy (non-hydrogen) atoms. The summed E-state index contributed by atoms with van der Waals surface area (Å²) in [4.78, 5) is 12.1. The zero-order valence-electron chi connectivity index (χ0n) is 15.8. The van der Waals surface area contributed by atoms with Gasteiger partial charge < -0.3 is 19.5 Å². The van der Waals surface area contributed by atoms with E-state index in [1.54, 1.807) is 31.4 Å². The van der Waals surface area contributed by atoms with Gasteiger partial charge in [-0.1, -0.05) is 42.5 Å². The van der Waals surface area contributed by atoms with Crippen LogP contribution >= 0.6 is 0 Å². The number of amides is 1. The minimum atomic E-state index is -0.247. The second-order valence-corrected chi connectivity index (χ2v) is 6.10. The molecule has 0 bridgehead atoms. The first kappa shape index (κ1) is 19.3. The molecule has 0 spiro atoms. The lowest BCUT2D eigenvalue weighted by atomic mass is 10.2. The molecule has 3 aromatic rings. The second-order valence-electron chi connectivity index (χ2n) is 6.10. The van der Waals surface area contributed by atoms with Gasteiger partial charge in [-0.25, -0.2) is 0 Å². The van der Waals surface area contributed by atoms with Crippen molar-refractivity contribution in [3.63, 3.8) is 0 Å². The van der Waals surface area contributed by atoms with E-state index in [4.69, 9.17) is 14.2 Å². The van der Waals surface area contributed by atoms with Crippen LogP contribution in [0.25, 0.3) is 0 Å². The monoisotopic (exact) mass is 377 g/mol. The summed E-state index contributed by atoms with van der Waals surface area (Å²) >= 11 is 0. The molecule has 3 aromatic carbocycles. The molecule has 144 valence electrons. The molecule has 0 saturated carbocycles. The topological polar surface area (TPSA) is 56.8 Å². The fourth-order valence-corrected chi connectivity index (χ4v) is 2.64. The zero-order valence-corrected chi connectivity index (χ0v) is 15.8. The summed E-state index contributed by atoms with van der Waals surface area (Å²) in [7, 11) is 1.56. The molecule has 0 aliphatic rings. The number of rotatable bonds is 9. The van der Waals surface area contributed by atoms with E-state index < -0.39 is 0 Å². The lowest BCUT2D eigenvalue weighted by molar-refractivity contribution is -0.118. The van der Waals surface area contributed by atoms with Crippen LogP contribution in [0.15, 0.2) is 78.9 Å². The maximum absolute atomic E-state index is 12.1. The van der Waals surface area contributed by atoms with Gasteiger partial charge in [-0.3, -0.25) is 4.79 Å². The summed E-state index contributed by atoms with van der Waals surface area (Å²) in [5.74, 6) is 1.64. The van der Waals surface area contributed by atoms with Gasteiger partial charge in [0.25, 0.3) is 5.91 Å². The Morgan fingerprint density at radius 3 is 2.21 bits per heavy atom. The van der Waals surface area contributed by atoms with E-state index in [1.807, 2.05) is 42.5 Å². The third kappa shape index (κ3) is 5.77. The standard InChI is InChI=1S/C23H23NO4/c1-26-21-9-5-6-10-22(21)28-17-23(25)24-19-11-13-20(14-12-19)27-16-15-18-7-3-2-4-8-18/h2-14H,15-17H2,1H3,(H,24,25). The predicted octanol–water partition coefficient (Wildman–Crippen LogP) is 4.33. The van der Waals surface area contributed by atoms with Crippen LogP contribution in [0.4, 0.5) is 5.69 Å². The lowest BCUT2D eigenvalue weighted by Crippen LogP contribution is -2.20. The predicted molar refractivity (Wildman–Crippen MR) is 109 cm³/mol. The minimum Gasteiger partial charge on any atom is -0.493 e. The first-order valence-corrected chi connectivity index (χ1v) is 9.07. The number of benzene rings is 3. The van der Waals surface area contributed by atoms with Crippen molar-refractivity contribution >= 4 is 11.6 Å². The lowest BCUT2D eigenvalue weighted by Gasteiger charge is -2.11. The van der Waals surface area contributed by atoms with E-state index in [0.29, 0.717) is 23.8 Å². The molecule has 0 fully saturated rings. The fraction of sp³-hybridized carbons (Fsp3) is 0.174. The van der Waals surface area contributed by atoms with Crippen LogP contribution in [0, 0.1) is 0 Å². The maximum Gasteiger partial charge on any atom is 0.262 e. The summed E-state index contributed by atoms with van der Waals surface area (Å²) in [5.41, 5.74) is 1.92. The molecule has 0 aromatic heterocycles. The molecular formula is C23H23NO4. The van der Waals surface area contributed by atoms with Crippen molar-refractivity contribution < 1.29 is 19.0 Å². The molecule has 0 radical (unpaired) electrons. The SMILES string of the molecule is COc1ccccc1OCC(=O)Nc1ccc(OCCc2ccccc2)cc1. The maximum atomic E-state index is 12.1. The Kier molecular flexibility index (Phi) is 6.90. The molecule has 0 heterocycles. The van der Waals surface area contributed by atoms with E-state index in [9.17, 15) is 4.79 Å². The summed E-state index contributed by atoms with van der Waals surface area (Å²) in [5, 5.41) is 2.80.